The van der Waals surface area contributed by atoms with E-state index in [0.717, 1.165) is 11.5 Å². The number of fused-ring (bicyclic) bond motifs is 1. The van der Waals surface area contributed by atoms with E-state index in [1.54, 1.807) is 11.8 Å². The molecule has 1 heterocycles. The van der Waals surface area contributed by atoms with Crippen LogP contribution in [0.3, 0.4) is 0 Å². The maximum absolute atomic E-state index is 11.9. The van der Waals surface area contributed by atoms with Crippen LogP contribution >= 0.6 is 11.8 Å². The zero-order valence-corrected chi connectivity index (χ0v) is 12.9. The van der Waals surface area contributed by atoms with Crippen LogP contribution in [0.1, 0.15) is 25.7 Å². The molecule has 21 heavy (non-hydrogen) atoms. The molecular weight excluding hydrogens is 286 g/mol. The van der Waals surface area contributed by atoms with Gasteiger partial charge in [0.15, 0.2) is 11.5 Å². The molecule has 1 aromatic rings. The molecule has 1 fully saturated rings. The van der Waals surface area contributed by atoms with Crippen LogP contribution in [0, 0.1) is 0 Å². The van der Waals surface area contributed by atoms with Crippen molar-refractivity contribution in [3.63, 3.8) is 0 Å². The molecule has 1 N–H and O–H groups in total. The summed E-state index contributed by atoms with van der Waals surface area (Å²) in [4.78, 5) is 11.9. The molecule has 1 aromatic carbocycles. The van der Waals surface area contributed by atoms with Gasteiger partial charge in [0.05, 0.1) is 12.3 Å². The number of para-hydroxylation sites is 2. The van der Waals surface area contributed by atoms with Gasteiger partial charge in [-0.05, 0) is 25.0 Å². The van der Waals surface area contributed by atoms with Gasteiger partial charge >= 0.3 is 0 Å². The largest absolute Gasteiger partial charge is 0.486 e. The van der Waals surface area contributed by atoms with Crippen molar-refractivity contribution in [2.75, 3.05) is 18.9 Å². The van der Waals surface area contributed by atoms with Gasteiger partial charge in [-0.3, -0.25) is 4.79 Å². The fourth-order valence-electron chi connectivity index (χ4n) is 2.69. The zero-order chi connectivity index (χ0) is 14.5. The van der Waals surface area contributed by atoms with Crippen molar-refractivity contribution in [3.05, 3.63) is 24.3 Å². The lowest BCUT2D eigenvalue weighted by molar-refractivity contribution is -0.119. The van der Waals surface area contributed by atoms with Crippen molar-refractivity contribution in [1.29, 1.82) is 0 Å². The van der Waals surface area contributed by atoms with Gasteiger partial charge in [-0.15, -0.1) is 11.8 Å². The average Bonchev–Trinajstić information content (AvgIpc) is 3.04. The van der Waals surface area contributed by atoms with Crippen LogP contribution in [0.2, 0.25) is 0 Å². The summed E-state index contributed by atoms with van der Waals surface area (Å²) in [5.41, 5.74) is 0. The van der Waals surface area contributed by atoms with E-state index in [0.29, 0.717) is 24.2 Å². The third kappa shape index (κ3) is 4.06. The van der Waals surface area contributed by atoms with Crippen molar-refractivity contribution in [3.8, 4) is 11.5 Å². The molecule has 0 radical (unpaired) electrons. The summed E-state index contributed by atoms with van der Waals surface area (Å²) in [6.07, 6.45) is 5.03. The second kappa shape index (κ2) is 7.07. The molecule has 1 atom stereocenters. The fraction of sp³-hybridized carbons (Fsp3) is 0.562. The second-order valence-corrected chi connectivity index (χ2v) is 6.81. The molecular formula is C16H21NO3S. The Morgan fingerprint density at radius 3 is 2.81 bits per heavy atom. The Balaban J connectivity index is 1.38. The predicted octanol–water partition coefficient (Wildman–Crippen LogP) is 2.62. The lowest BCUT2D eigenvalue weighted by Gasteiger charge is -2.26. The number of ether oxygens (including phenoxy) is 2. The Hall–Kier alpha value is -1.36. The van der Waals surface area contributed by atoms with Gasteiger partial charge in [-0.1, -0.05) is 25.0 Å². The highest BCUT2D eigenvalue weighted by Crippen LogP contribution is 2.31. The molecule has 0 saturated heterocycles. The highest BCUT2D eigenvalue weighted by molar-refractivity contribution is 8.00. The lowest BCUT2D eigenvalue weighted by Crippen LogP contribution is -2.41. The first-order chi connectivity index (χ1) is 10.3. The van der Waals surface area contributed by atoms with Crippen LogP contribution in [0.15, 0.2) is 24.3 Å². The van der Waals surface area contributed by atoms with Crippen LogP contribution in [0.4, 0.5) is 0 Å². The Morgan fingerprint density at radius 1 is 1.24 bits per heavy atom. The zero-order valence-electron chi connectivity index (χ0n) is 12.0. The van der Waals surface area contributed by atoms with Crippen molar-refractivity contribution in [1.82, 2.24) is 5.32 Å². The number of hydrogen-bond acceptors (Lipinski definition) is 4. The van der Waals surface area contributed by atoms with E-state index < -0.39 is 0 Å². The molecule has 0 unspecified atom stereocenters. The number of benzene rings is 1. The van der Waals surface area contributed by atoms with Gasteiger partial charge in [0.2, 0.25) is 5.91 Å². The SMILES string of the molecule is O=C(CSC1CCCC1)NC[C@@H]1COc2ccccc2O1. The molecule has 1 amide bonds. The van der Waals surface area contributed by atoms with Crippen molar-refractivity contribution < 1.29 is 14.3 Å². The molecule has 1 saturated carbocycles. The van der Waals surface area contributed by atoms with Crippen molar-refractivity contribution >= 4 is 17.7 Å². The van der Waals surface area contributed by atoms with E-state index in [1.807, 2.05) is 24.3 Å². The van der Waals surface area contributed by atoms with E-state index in [9.17, 15) is 4.79 Å². The number of nitrogens with one attached hydrogen (secondary N) is 1. The third-order valence-electron chi connectivity index (χ3n) is 3.85. The van der Waals surface area contributed by atoms with Crippen LogP contribution < -0.4 is 14.8 Å². The maximum atomic E-state index is 11.9. The summed E-state index contributed by atoms with van der Waals surface area (Å²) in [7, 11) is 0. The normalized spacial score (nSPS) is 21.2. The third-order valence-corrected chi connectivity index (χ3v) is 5.22. The molecule has 3 rings (SSSR count). The minimum Gasteiger partial charge on any atom is -0.486 e. The van der Waals surface area contributed by atoms with Crippen molar-refractivity contribution in [2.24, 2.45) is 0 Å². The van der Waals surface area contributed by atoms with Gasteiger partial charge in [0.25, 0.3) is 0 Å². The summed E-state index contributed by atoms with van der Waals surface area (Å²) in [6.45, 7) is 0.978. The Labute approximate surface area is 129 Å². The molecule has 114 valence electrons. The summed E-state index contributed by atoms with van der Waals surface area (Å²) in [5, 5.41) is 3.62. The first-order valence-electron chi connectivity index (χ1n) is 7.58. The monoisotopic (exact) mass is 307 g/mol. The standard InChI is InChI=1S/C16H21NO3S/c18-16(11-21-13-5-1-2-6-13)17-9-12-10-19-14-7-3-4-8-15(14)20-12/h3-4,7-8,12-13H,1-2,5-6,9-11H2,(H,17,18)/t12-/m1/s1. The molecule has 1 aliphatic carbocycles. The highest BCUT2D eigenvalue weighted by atomic mass is 32.2. The topological polar surface area (TPSA) is 47.6 Å². The fourth-order valence-corrected chi connectivity index (χ4v) is 3.85. The lowest BCUT2D eigenvalue weighted by atomic mass is 10.2. The van der Waals surface area contributed by atoms with Gasteiger partial charge in [-0.2, -0.15) is 0 Å². The van der Waals surface area contributed by atoms with Crippen molar-refractivity contribution in [2.45, 2.75) is 37.0 Å². The quantitative estimate of drug-likeness (QED) is 0.908. The molecule has 0 spiro atoms. The Kier molecular flexibility index (Phi) is 4.91. The number of carbonyl (C=O) groups excluding carboxylic acids is 1. The molecule has 4 nitrogen and oxygen atoms in total. The number of hydrogen-bond donors (Lipinski definition) is 1. The van der Waals surface area contributed by atoms with Gasteiger partial charge in [0, 0.05) is 5.25 Å². The summed E-state index contributed by atoms with van der Waals surface area (Å²) in [6, 6.07) is 7.62. The summed E-state index contributed by atoms with van der Waals surface area (Å²) in [5.74, 6) is 2.17. The van der Waals surface area contributed by atoms with Gasteiger partial charge in [0.1, 0.15) is 12.7 Å². The molecule has 1 aliphatic heterocycles. The number of carbonyl (C=O) groups is 1. The van der Waals surface area contributed by atoms with Crippen LogP contribution in [0.25, 0.3) is 0 Å². The number of amides is 1. The Bertz CT molecular complexity index is 488. The Morgan fingerprint density at radius 2 is 2.00 bits per heavy atom. The average molecular weight is 307 g/mol. The number of thioether (sulfide) groups is 1. The maximum Gasteiger partial charge on any atom is 0.230 e. The molecule has 0 aromatic heterocycles. The van der Waals surface area contributed by atoms with Crippen LogP contribution in [-0.2, 0) is 4.79 Å². The van der Waals surface area contributed by atoms with E-state index in [2.05, 4.69) is 5.32 Å². The minimum absolute atomic E-state index is 0.0920. The van der Waals surface area contributed by atoms with E-state index in [1.165, 1.54) is 25.7 Å². The summed E-state index contributed by atoms with van der Waals surface area (Å²) >= 11 is 1.78. The first kappa shape index (κ1) is 14.6. The molecule has 0 bridgehead atoms. The minimum atomic E-state index is -0.111. The number of rotatable bonds is 5. The van der Waals surface area contributed by atoms with Crippen LogP contribution in [-0.4, -0.2) is 36.2 Å². The van der Waals surface area contributed by atoms with Crippen LogP contribution in [0.5, 0.6) is 11.5 Å². The highest BCUT2D eigenvalue weighted by Gasteiger charge is 2.21. The predicted molar refractivity (Wildman–Crippen MR) is 84.1 cm³/mol. The summed E-state index contributed by atoms with van der Waals surface area (Å²) < 4.78 is 11.4. The van der Waals surface area contributed by atoms with E-state index >= 15 is 0 Å². The smallest absolute Gasteiger partial charge is 0.230 e. The second-order valence-electron chi connectivity index (χ2n) is 5.52. The van der Waals surface area contributed by atoms with E-state index in [-0.39, 0.29) is 12.0 Å². The van der Waals surface area contributed by atoms with Gasteiger partial charge in [-0.25, -0.2) is 0 Å². The van der Waals surface area contributed by atoms with E-state index in [4.69, 9.17) is 9.47 Å². The first-order valence-corrected chi connectivity index (χ1v) is 8.63. The van der Waals surface area contributed by atoms with Gasteiger partial charge < -0.3 is 14.8 Å². The molecule has 5 heteroatoms. The molecule has 2 aliphatic rings.